The highest BCUT2D eigenvalue weighted by molar-refractivity contribution is 8.00. The van der Waals surface area contributed by atoms with Crippen LogP contribution in [0.2, 0.25) is 0 Å². The van der Waals surface area contributed by atoms with Crippen LogP contribution in [-0.2, 0) is 0 Å². The van der Waals surface area contributed by atoms with E-state index >= 15 is 0 Å². The van der Waals surface area contributed by atoms with Gasteiger partial charge in [0.1, 0.15) is 0 Å². The molecule has 2 N–H and O–H groups in total. The first-order chi connectivity index (χ1) is 6.67. The van der Waals surface area contributed by atoms with E-state index in [-0.39, 0.29) is 0 Å². The quantitative estimate of drug-likeness (QED) is 0.779. The second-order valence-corrected chi connectivity index (χ2v) is 6.27. The summed E-state index contributed by atoms with van der Waals surface area (Å²) in [5.74, 6) is 0. The summed E-state index contributed by atoms with van der Waals surface area (Å²) in [5, 5.41) is 1.54. The molecule has 0 saturated carbocycles. The Balaban J connectivity index is 2.47. The van der Waals surface area contributed by atoms with Crippen LogP contribution in [0.5, 0.6) is 0 Å². The molecule has 1 saturated heterocycles. The van der Waals surface area contributed by atoms with E-state index in [1.807, 2.05) is 0 Å². The molecule has 0 aromatic heterocycles. The summed E-state index contributed by atoms with van der Waals surface area (Å²) in [5.41, 5.74) is 5.83. The number of hydrogen-bond donors (Lipinski definition) is 1. The summed E-state index contributed by atoms with van der Waals surface area (Å²) in [6.45, 7) is 10.2. The highest BCUT2D eigenvalue weighted by Crippen LogP contribution is 2.26. The van der Waals surface area contributed by atoms with Crippen molar-refractivity contribution in [3.8, 4) is 0 Å². The van der Waals surface area contributed by atoms with Crippen LogP contribution in [-0.4, -0.2) is 41.1 Å². The van der Waals surface area contributed by atoms with Crippen molar-refractivity contribution in [2.45, 2.75) is 50.2 Å². The molecule has 3 unspecified atom stereocenters. The molecular formula is C11H24N2S. The number of hydrogen-bond acceptors (Lipinski definition) is 3. The lowest BCUT2D eigenvalue weighted by Crippen LogP contribution is -2.49. The van der Waals surface area contributed by atoms with Crippen LogP contribution in [0, 0.1) is 0 Å². The van der Waals surface area contributed by atoms with Crippen molar-refractivity contribution < 1.29 is 0 Å². The van der Waals surface area contributed by atoms with Crippen LogP contribution in [0.4, 0.5) is 0 Å². The third-order valence-electron chi connectivity index (χ3n) is 2.86. The van der Waals surface area contributed by atoms with E-state index in [4.69, 9.17) is 5.73 Å². The predicted octanol–water partition coefficient (Wildman–Crippen LogP) is 1.94. The van der Waals surface area contributed by atoms with Crippen molar-refractivity contribution in [1.29, 1.82) is 0 Å². The summed E-state index contributed by atoms with van der Waals surface area (Å²) in [6, 6.07) is 0.616. The Morgan fingerprint density at radius 1 is 1.36 bits per heavy atom. The van der Waals surface area contributed by atoms with Gasteiger partial charge in [-0.25, -0.2) is 0 Å². The fraction of sp³-hybridized carbons (Fsp3) is 1.00. The Morgan fingerprint density at radius 2 is 1.93 bits per heavy atom. The first-order valence-corrected chi connectivity index (χ1v) is 6.71. The van der Waals surface area contributed by atoms with Gasteiger partial charge in [-0.3, -0.25) is 4.90 Å². The van der Waals surface area contributed by atoms with Gasteiger partial charge in [0.05, 0.1) is 0 Å². The minimum atomic E-state index is 0.616. The molecule has 0 aromatic carbocycles. The van der Waals surface area contributed by atoms with Gasteiger partial charge < -0.3 is 5.73 Å². The average Bonchev–Trinajstić information content (AvgIpc) is 2.12. The van der Waals surface area contributed by atoms with E-state index in [0.717, 1.165) is 17.0 Å². The van der Waals surface area contributed by atoms with Gasteiger partial charge in [0.2, 0.25) is 0 Å². The Kier molecular flexibility index (Phi) is 5.28. The monoisotopic (exact) mass is 216 g/mol. The SMILES string of the molecule is CCCC(CN)N1CC(C)SC(C)C1. The van der Waals surface area contributed by atoms with Crippen LogP contribution >= 0.6 is 11.8 Å². The molecule has 0 aromatic rings. The third-order valence-corrected chi connectivity index (χ3v) is 4.09. The molecule has 3 atom stereocenters. The Hall–Kier alpha value is 0.270. The molecule has 1 aliphatic heterocycles. The van der Waals surface area contributed by atoms with Crippen LogP contribution in [0.1, 0.15) is 33.6 Å². The second kappa shape index (κ2) is 5.99. The zero-order valence-corrected chi connectivity index (χ0v) is 10.5. The molecule has 0 amide bonds. The van der Waals surface area contributed by atoms with E-state index in [0.29, 0.717) is 6.04 Å². The first kappa shape index (κ1) is 12.3. The summed E-state index contributed by atoms with van der Waals surface area (Å²) in [7, 11) is 0. The van der Waals surface area contributed by atoms with Gasteiger partial charge in [-0.15, -0.1) is 0 Å². The zero-order valence-electron chi connectivity index (χ0n) is 9.70. The van der Waals surface area contributed by atoms with Crippen molar-refractivity contribution in [3.05, 3.63) is 0 Å². The summed E-state index contributed by atoms with van der Waals surface area (Å²) >= 11 is 2.11. The van der Waals surface area contributed by atoms with Crippen molar-refractivity contribution in [2.24, 2.45) is 5.73 Å². The Morgan fingerprint density at radius 3 is 2.36 bits per heavy atom. The number of nitrogens with zero attached hydrogens (tertiary/aromatic N) is 1. The van der Waals surface area contributed by atoms with Crippen LogP contribution in [0.3, 0.4) is 0 Å². The highest BCUT2D eigenvalue weighted by atomic mass is 32.2. The predicted molar refractivity (Wildman–Crippen MR) is 65.8 cm³/mol. The van der Waals surface area contributed by atoms with E-state index in [1.54, 1.807) is 0 Å². The maximum absolute atomic E-state index is 5.83. The van der Waals surface area contributed by atoms with E-state index in [2.05, 4.69) is 37.4 Å². The Labute approximate surface area is 92.6 Å². The maximum Gasteiger partial charge on any atom is 0.0219 e. The van der Waals surface area contributed by atoms with Gasteiger partial charge in [-0.2, -0.15) is 11.8 Å². The fourth-order valence-corrected chi connectivity index (χ4v) is 3.65. The van der Waals surface area contributed by atoms with Crippen molar-refractivity contribution >= 4 is 11.8 Å². The van der Waals surface area contributed by atoms with E-state index in [1.165, 1.54) is 25.9 Å². The molecule has 1 fully saturated rings. The van der Waals surface area contributed by atoms with Gasteiger partial charge in [0, 0.05) is 36.2 Å². The summed E-state index contributed by atoms with van der Waals surface area (Å²) < 4.78 is 0. The van der Waals surface area contributed by atoms with Crippen LogP contribution in [0.25, 0.3) is 0 Å². The van der Waals surface area contributed by atoms with Crippen molar-refractivity contribution in [3.63, 3.8) is 0 Å². The molecule has 1 rings (SSSR count). The molecule has 14 heavy (non-hydrogen) atoms. The van der Waals surface area contributed by atoms with Crippen LogP contribution < -0.4 is 5.73 Å². The topological polar surface area (TPSA) is 29.3 Å². The van der Waals surface area contributed by atoms with E-state index in [9.17, 15) is 0 Å². The average molecular weight is 216 g/mol. The minimum Gasteiger partial charge on any atom is -0.329 e. The smallest absolute Gasteiger partial charge is 0.0219 e. The standard InChI is InChI=1S/C11H24N2S/c1-4-5-11(6-12)13-7-9(2)14-10(3)8-13/h9-11H,4-8,12H2,1-3H3. The third kappa shape index (κ3) is 3.44. The zero-order chi connectivity index (χ0) is 10.6. The van der Waals surface area contributed by atoms with Crippen molar-refractivity contribution in [1.82, 2.24) is 4.90 Å². The molecule has 0 radical (unpaired) electrons. The van der Waals surface area contributed by atoms with Gasteiger partial charge in [0.25, 0.3) is 0 Å². The minimum absolute atomic E-state index is 0.616. The molecule has 0 bridgehead atoms. The Bertz CT molecular complexity index is 153. The molecule has 3 heteroatoms. The summed E-state index contributed by atoms with van der Waals surface area (Å²) in [6.07, 6.45) is 2.49. The number of nitrogens with two attached hydrogens (primary N) is 1. The highest BCUT2D eigenvalue weighted by Gasteiger charge is 2.26. The normalized spacial score (nSPS) is 31.7. The molecule has 0 spiro atoms. The lowest BCUT2D eigenvalue weighted by Gasteiger charge is -2.39. The molecule has 0 aliphatic carbocycles. The maximum atomic E-state index is 5.83. The second-order valence-electron chi connectivity index (χ2n) is 4.39. The largest absolute Gasteiger partial charge is 0.329 e. The molecule has 1 aliphatic rings. The molecule has 1 heterocycles. The van der Waals surface area contributed by atoms with Gasteiger partial charge in [0.15, 0.2) is 0 Å². The molecule has 84 valence electrons. The molecule has 2 nitrogen and oxygen atoms in total. The van der Waals surface area contributed by atoms with Crippen molar-refractivity contribution in [2.75, 3.05) is 19.6 Å². The molecular weight excluding hydrogens is 192 g/mol. The van der Waals surface area contributed by atoms with Gasteiger partial charge in [-0.1, -0.05) is 27.2 Å². The number of rotatable bonds is 4. The summed E-state index contributed by atoms with van der Waals surface area (Å²) in [4.78, 5) is 2.59. The van der Waals surface area contributed by atoms with Gasteiger partial charge in [-0.05, 0) is 6.42 Å². The van der Waals surface area contributed by atoms with E-state index < -0.39 is 0 Å². The number of thioether (sulfide) groups is 1. The first-order valence-electron chi connectivity index (χ1n) is 5.77. The lowest BCUT2D eigenvalue weighted by molar-refractivity contribution is 0.188. The fourth-order valence-electron chi connectivity index (χ4n) is 2.30. The van der Waals surface area contributed by atoms with Gasteiger partial charge >= 0.3 is 0 Å². The lowest BCUT2D eigenvalue weighted by atomic mass is 10.1. The van der Waals surface area contributed by atoms with Crippen LogP contribution in [0.15, 0.2) is 0 Å².